The highest BCUT2D eigenvalue weighted by Crippen LogP contribution is 2.41. The van der Waals surface area contributed by atoms with Gasteiger partial charge in [-0.25, -0.2) is 0 Å². The van der Waals surface area contributed by atoms with Crippen LogP contribution >= 0.6 is 0 Å². The first-order chi connectivity index (χ1) is 26.1. The van der Waals surface area contributed by atoms with E-state index in [1.165, 1.54) is 60.9 Å². The van der Waals surface area contributed by atoms with E-state index in [4.69, 9.17) is 0 Å². The van der Waals surface area contributed by atoms with Crippen molar-refractivity contribution in [2.45, 2.75) is 13.8 Å². The van der Waals surface area contributed by atoms with Crippen LogP contribution in [0.2, 0.25) is 0 Å². The van der Waals surface area contributed by atoms with Crippen LogP contribution < -0.4 is 4.90 Å². The van der Waals surface area contributed by atoms with Gasteiger partial charge in [-0.3, -0.25) is 0 Å². The molecule has 8 rings (SSSR count). The number of rotatable bonds is 9. The van der Waals surface area contributed by atoms with E-state index >= 15 is 0 Å². The molecule has 0 saturated carbocycles. The number of hydrogen-bond acceptors (Lipinski definition) is 1. The van der Waals surface area contributed by atoms with Crippen LogP contribution in [0.4, 0.5) is 17.1 Å². The molecule has 1 nitrogen and oxygen atoms in total. The van der Waals surface area contributed by atoms with Crippen molar-refractivity contribution in [3.63, 3.8) is 0 Å². The molecule has 0 fully saturated rings. The smallest absolute Gasteiger partial charge is 0.0540 e. The van der Waals surface area contributed by atoms with Crippen molar-refractivity contribution >= 4 is 51.1 Å². The van der Waals surface area contributed by atoms with Gasteiger partial charge in [0.25, 0.3) is 0 Å². The highest BCUT2D eigenvalue weighted by atomic mass is 15.1. The molecule has 254 valence electrons. The number of fused-ring (bicyclic) bond motifs is 1. The summed E-state index contributed by atoms with van der Waals surface area (Å²) in [5.74, 6) is 0. The molecule has 53 heavy (non-hydrogen) atoms. The summed E-state index contributed by atoms with van der Waals surface area (Å²) >= 11 is 0. The molecule has 0 aliphatic heterocycles. The predicted molar refractivity (Wildman–Crippen MR) is 228 cm³/mol. The first kappa shape index (κ1) is 33.4. The van der Waals surface area contributed by atoms with Gasteiger partial charge in [0, 0.05) is 16.8 Å². The maximum atomic E-state index is 2.37. The van der Waals surface area contributed by atoms with Gasteiger partial charge < -0.3 is 4.90 Å². The SMILES string of the molecule is Cc1ccc(C(=Cc2ccc(N(c3ccccc3)c3ccc(C=C(c4ccccc4)c4ccccc4)cc3)c3ccccc23)c2ccc(C)cc2)cc1. The molecule has 8 aromatic rings. The average Bonchev–Trinajstić information content (AvgIpc) is 3.22. The Kier molecular flexibility index (Phi) is 9.64. The minimum atomic E-state index is 1.10. The van der Waals surface area contributed by atoms with E-state index in [1.54, 1.807) is 0 Å². The fourth-order valence-electron chi connectivity index (χ4n) is 7.04. The van der Waals surface area contributed by atoms with Crippen LogP contribution in [0.1, 0.15) is 44.5 Å². The zero-order valence-electron chi connectivity index (χ0n) is 30.2. The molecule has 0 N–H and O–H groups in total. The summed E-state index contributed by atoms with van der Waals surface area (Å²) in [7, 11) is 0. The molecule has 0 saturated heterocycles. The van der Waals surface area contributed by atoms with Crippen molar-refractivity contribution in [2.75, 3.05) is 4.90 Å². The third-order valence-corrected chi connectivity index (χ3v) is 9.85. The van der Waals surface area contributed by atoms with Crippen LogP contribution in [0.25, 0.3) is 34.1 Å². The number of aryl methyl sites for hydroxylation is 2. The molecule has 0 amide bonds. The largest absolute Gasteiger partial charge is 0.310 e. The molecular weight excluding hydrogens is 639 g/mol. The first-order valence-corrected chi connectivity index (χ1v) is 18.3. The second kappa shape index (κ2) is 15.3. The van der Waals surface area contributed by atoms with Gasteiger partial charge in [0.05, 0.1) is 5.69 Å². The van der Waals surface area contributed by atoms with Crippen LogP contribution in [-0.4, -0.2) is 0 Å². The second-order valence-corrected chi connectivity index (χ2v) is 13.6. The number of anilines is 3. The molecule has 0 unspecified atom stereocenters. The quantitative estimate of drug-likeness (QED) is 0.137. The fourth-order valence-corrected chi connectivity index (χ4v) is 7.04. The Balaban J connectivity index is 1.24. The Hall–Kier alpha value is -6.70. The normalized spacial score (nSPS) is 10.8. The summed E-state index contributed by atoms with van der Waals surface area (Å²) in [6.45, 7) is 4.28. The molecule has 8 aromatic carbocycles. The first-order valence-electron chi connectivity index (χ1n) is 18.3. The van der Waals surface area contributed by atoms with Gasteiger partial charge in [-0.15, -0.1) is 0 Å². The van der Waals surface area contributed by atoms with Crippen molar-refractivity contribution in [2.24, 2.45) is 0 Å². The molecular formula is C52H41N. The van der Waals surface area contributed by atoms with Crippen LogP contribution in [-0.2, 0) is 0 Å². The van der Waals surface area contributed by atoms with E-state index in [0.29, 0.717) is 0 Å². The second-order valence-electron chi connectivity index (χ2n) is 13.6. The van der Waals surface area contributed by atoms with E-state index in [0.717, 1.165) is 22.6 Å². The summed E-state index contributed by atoms with van der Waals surface area (Å²) in [6.07, 6.45) is 4.64. The summed E-state index contributed by atoms with van der Waals surface area (Å²) in [6, 6.07) is 71.9. The van der Waals surface area contributed by atoms with Crippen LogP contribution in [0.5, 0.6) is 0 Å². The highest BCUT2D eigenvalue weighted by molar-refractivity contribution is 6.06. The molecule has 0 aromatic heterocycles. The Labute approximate surface area is 313 Å². The Bertz CT molecular complexity index is 2420. The zero-order valence-corrected chi connectivity index (χ0v) is 30.2. The number of para-hydroxylation sites is 1. The predicted octanol–water partition coefficient (Wildman–Crippen LogP) is 14.1. The lowest BCUT2D eigenvalue weighted by Crippen LogP contribution is -2.10. The lowest BCUT2D eigenvalue weighted by molar-refractivity contribution is 1.29. The average molecular weight is 680 g/mol. The summed E-state index contributed by atoms with van der Waals surface area (Å²) < 4.78 is 0. The van der Waals surface area contributed by atoms with E-state index in [9.17, 15) is 0 Å². The lowest BCUT2D eigenvalue weighted by Gasteiger charge is -2.27. The molecule has 0 bridgehead atoms. The van der Waals surface area contributed by atoms with Gasteiger partial charge in [0.1, 0.15) is 0 Å². The monoisotopic (exact) mass is 679 g/mol. The molecule has 1 heteroatoms. The van der Waals surface area contributed by atoms with Crippen LogP contribution in [0, 0.1) is 13.8 Å². The van der Waals surface area contributed by atoms with Gasteiger partial charge >= 0.3 is 0 Å². The lowest BCUT2D eigenvalue weighted by atomic mass is 9.92. The molecule has 0 aliphatic carbocycles. The molecule has 0 spiro atoms. The molecule has 0 heterocycles. The van der Waals surface area contributed by atoms with Gasteiger partial charge in [0.2, 0.25) is 0 Å². The van der Waals surface area contributed by atoms with Crippen molar-refractivity contribution < 1.29 is 0 Å². The highest BCUT2D eigenvalue weighted by Gasteiger charge is 2.17. The molecule has 0 radical (unpaired) electrons. The Morgan fingerprint density at radius 3 is 1.34 bits per heavy atom. The van der Waals surface area contributed by atoms with Crippen molar-refractivity contribution in [3.05, 3.63) is 245 Å². The third-order valence-electron chi connectivity index (χ3n) is 9.85. The topological polar surface area (TPSA) is 3.24 Å². The number of nitrogens with zero attached hydrogens (tertiary/aromatic N) is 1. The maximum absolute atomic E-state index is 2.37. The van der Waals surface area contributed by atoms with E-state index in [-0.39, 0.29) is 0 Å². The Morgan fingerprint density at radius 1 is 0.358 bits per heavy atom. The van der Waals surface area contributed by atoms with Crippen molar-refractivity contribution in [1.29, 1.82) is 0 Å². The molecule has 0 aliphatic rings. The van der Waals surface area contributed by atoms with E-state index in [2.05, 4.69) is 231 Å². The summed E-state index contributed by atoms with van der Waals surface area (Å²) in [4.78, 5) is 2.37. The summed E-state index contributed by atoms with van der Waals surface area (Å²) in [5.41, 5.74) is 15.4. The summed E-state index contributed by atoms with van der Waals surface area (Å²) in [5, 5.41) is 2.40. The van der Waals surface area contributed by atoms with E-state index in [1.807, 2.05) is 0 Å². The Morgan fingerprint density at radius 2 is 0.792 bits per heavy atom. The minimum Gasteiger partial charge on any atom is -0.310 e. The third kappa shape index (κ3) is 7.38. The maximum Gasteiger partial charge on any atom is 0.0540 e. The van der Waals surface area contributed by atoms with Crippen LogP contribution in [0.3, 0.4) is 0 Å². The fraction of sp³-hybridized carbons (Fsp3) is 0.0385. The number of hydrogen-bond donors (Lipinski definition) is 0. The molecule has 0 atom stereocenters. The van der Waals surface area contributed by atoms with E-state index < -0.39 is 0 Å². The standard InChI is InChI=1S/C52H41N/c1-38-22-28-43(29-23-38)51(44-30-24-39(2)25-31-44)37-45-32-35-52(49-21-13-12-20-48(45)49)53(46-18-10-5-11-19-46)47-33-26-40(27-34-47)36-50(41-14-6-3-7-15-41)42-16-8-4-9-17-42/h3-37H,1-2H3. The van der Waals surface area contributed by atoms with Crippen molar-refractivity contribution in [1.82, 2.24) is 0 Å². The number of benzene rings is 8. The zero-order chi connectivity index (χ0) is 36.0. The minimum absolute atomic E-state index is 1.10. The van der Waals surface area contributed by atoms with Gasteiger partial charge in [0.15, 0.2) is 0 Å². The van der Waals surface area contributed by atoms with Gasteiger partial charge in [-0.05, 0) is 106 Å². The van der Waals surface area contributed by atoms with Crippen LogP contribution in [0.15, 0.2) is 200 Å². The van der Waals surface area contributed by atoms with Gasteiger partial charge in [-0.1, -0.05) is 181 Å². The van der Waals surface area contributed by atoms with Gasteiger partial charge in [-0.2, -0.15) is 0 Å². The van der Waals surface area contributed by atoms with Crippen molar-refractivity contribution in [3.8, 4) is 0 Å².